The fourth-order valence-corrected chi connectivity index (χ4v) is 0.955. The molecule has 1 rings (SSSR count). The normalized spacial score (nSPS) is 8.69. The maximum absolute atomic E-state index is 5.26. The van der Waals surface area contributed by atoms with Gasteiger partial charge in [0.1, 0.15) is 0 Å². The molecule has 0 N–H and O–H groups in total. The van der Waals surface area contributed by atoms with Crippen molar-refractivity contribution < 1.29 is 37.4 Å². The van der Waals surface area contributed by atoms with E-state index >= 15 is 0 Å². The molecule has 1 aromatic rings. The van der Waals surface area contributed by atoms with Gasteiger partial charge < -0.3 is 4.74 Å². The number of hydrogen-bond acceptors (Lipinski definition) is 3. The topological polar surface area (TPSA) is 9.23 Å². The number of thioether (sulfide) groups is 1. The monoisotopic (exact) mass is 286 g/mol. The van der Waals surface area contributed by atoms with Gasteiger partial charge in [-0.25, -0.2) is 0 Å². The van der Waals surface area contributed by atoms with E-state index < -0.39 is 0 Å². The summed E-state index contributed by atoms with van der Waals surface area (Å²) in [5, 5.41) is 0. The van der Waals surface area contributed by atoms with E-state index in [-0.39, 0.29) is 32.7 Å². The Balaban J connectivity index is 0.00000144. The minimum Gasteiger partial charge on any atom is -0.476 e. The van der Waals surface area contributed by atoms with Gasteiger partial charge in [-0.05, 0) is 18.5 Å². The summed E-state index contributed by atoms with van der Waals surface area (Å²) in [4.78, 5) is 0. The zero-order valence-electron chi connectivity index (χ0n) is 7.32. The van der Waals surface area contributed by atoms with Crippen molar-refractivity contribution in [2.24, 2.45) is 0 Å². The molecule has 1 nitrogen and oxygen atoms in total. The molecule has 1 aromatic carbocycles. The third-order valence-electron chi connectivity index (χ3n) is 1.31. The molecule has 0 fully saturated rings. The fourth-order valence-electron chi connectivity index (χ4n) is 0.719. The molecule has 0 atom stereocenters. The first-order valence-electron chi connectivity index (χ1n) is 3.48. The average Bonchev–Trinajstić information content (AvgIpc) is 2.16. The molecule has 0 saturated heterocycles. The van der Waals surface area contributed by atoms with Crippen molar-refractivity contribution in [2.75, 3.05) is 6.26 Å². The van der Waals surface area contributed by atoms with Crippen molar-refractivity contribution in [1.29, 1.82) is 0 Å². The maximum atomic E-state index is 5.26. The van der Waals surface area contributed by atoms with E-state index in [1.807, 2.05) is 30.5 Å². The van der Waals surface area contributed by atoms with Gasteiger partial charge in [-0.3, -0.25) is 0 Å². The predicted molar refractivity (Wildman–Crippen MR) is 56.2 cm³/mol. The maximum Gasteiger partial charge on any atom is 0.219 e. The minimum absolute atomic E-state index is 0. The van der Waals surface area contributed by atoms with Crippen LogP contribution in [0.2, 0.25) is 0 Å². The third-order valence-corrected chi connectivity index (χ3v) is 2.38. The van der Waals surface area contributed by atoms with E-state index in [9.17, 15) is 0 Å². The second kappa shape index (κ2) is 7.92. The summed E-state index contributed by atoms with van der Waals surface area (Å²) in [6.45, 7) is 0.550. The van der Waals surface area contributed by atoms with Crippen LogP contribution in [-0.2, 0) is 44.1 Å². The Morgan fingerprint density at radius 3 is 2.69 bits per heavy atom. The molecule has 4 heteroatoms. The van der Waals surface area contributed by atoms with Crippen molar-refractivity contribution in [3.8, 4) is 0 Å². The SMILES string of the molecule is CSC(=S)OCc1cc[c-]cc1.[Y]. The van der Waals surface area contributed by atoms with Crippen LogP contribution < -0.4 is 0 Å². The van der Waals surface area contributed by atoms with Crippen LogP contribution in [0.5, 0.6) is 0 Å². The van der Waals surface area contributed by atoms with Crippen LogP contribution in [0.15, 0.2) is 24.3 Å². The van der Waals surface area contributed by atoms with Crippen molar-refractivity contribution in [3.05, 3.63) is 35.9 Å². The van der Waals surface area contributed by atoms with Crippen molar-refractivity contribution >= 4 is 28.4 Å². The second-order valence-electron chi connectivity index (χ2n) is 2.15. The molecule has 0 aromatic heterocycles. The zero-order chi connectivity index (χ0) is 8.81. The van der Waals surface area contributed by atoms with Crippen LogP contribution >= 0.6 is 24.0 Å². The molecule has 0 aliphatic carbocycles. The van der Waals surface area contributed by atoms with Crippen molar-refractivity contribution in [3.63, 3.8) is 0 Å². The van der Waals surface area contributed by atoms with Crippen LogP contribution in [-0.4, -0.2) is 10.6 Å². The van der Waals surface area contributed by atoms with Gasteiger partial charge in [0, 0.05) is 32.7 Å². The van der Waals surface area contributed by atoms with Crippen molar-refractivity contribution in [1.82, 2.24) is 0 Å². The number of hydrogen-bond donors (Lipinski definition) is 0. The summed E-state index contributed by atoms with van der Waals surface area (Å²) >= 11 is 6.33. The first kappa shape index (κ1) is 13.6. The Morgan fingerprint density at radius 1 is 1.54 bits per heavy atom. The largest absolute Gasteiger partial charge is 0.476 e. The van der Waals surface area contributed by atoms with E-state index in [0.29, 0.717) is 11.0 Å². The summed E-state index contributed by atoms with van der Waals surface area (Å²) in [5.41, 5.74) is 1.12. The van der Waals surface area contributed by atoms with Crippen LogP contribution in [0, 0.1) is 6.07 Å². The van der Waals surface area contributed by atoms with Gasteiger partial charge in [0.15, 0.2) is 0 Å². The van der Waals surface area contributed by atoms with Crippen LogP contribution in [0.1, 0.15) is 5.56 Å². The van der Waals surface area contributed by atoms with Gasteiger partial charge in [-0.15, -0.1) is 5.56 Å². The predicted octanol–water partition coefficient (Wildman–Crippen LogP) is 2.65. The minimum atomic E-state index is 0. The van der Waals surface area contributed by atoms with E-state index in [1.165, 1.54) is 11.8 Å². The Kier molecular flexibility index (Phi) is 8.26. The van der Waals surface area contributed by atoms with Crippen LogP contribution in [0.4, 0.5) is 0 Å². The first-order valence-corrected chi connectivity index (χ1v) is 5.12. The number of ether oxygens (including phenoxy) is 1. The summed E-state index contributed by atoms with van der Waals surface area (Å²) in [7, 11) is 0. The standard InChI is InChI=1S/C9H9OS2.Y/c1-12-9(11)10-7-8-5-3-2-4-6-8;/h3-6H,7H2,1H3;/q-1;. The van der Waals surface area contributed by atoms with E-state index in [0.717, 1.165) is 5.56 Å². The molecular weight excluding hydrogens is 277 g/mol. The quantitative estimate of drug-likeness (QED) is 0.611. The Labute approximate surface area is 114 Å². The smallest absolute Gasteiger partial charge is 0.219 e. The van der Waals surface area contributed by atoms with Gasteiger partial charge in [0.2, 0.25) is 4.38 Å². The Morgan fingerprint density at radius 2 is 2.15 bits per heavy atom. The average molecular weight is 286 g/mol. The summed E-state index contributed by atoms with van der Waals surface area (Å²) in [6, 6.07) is 10.6. The first-order chi connectivity index (χ1) is 5.83. The molecule has 0 bridgehead atoms. The molecule has 0 amide bonds. The van der Waals surface area contributed by atoms with Gasteiger partial charge >= 0.3 is 0 Å². The number of thiocarbonyl (C=S) groups is 1. The van der Waals surface area contributed by atoms with Crippen molar-refractivity contribution in [2.45, 2.75) is 6.61 Å². The zero-order valence-corrected chi connectivity index (χ0v) is 11.8. The number of rotatable bonds is 2. The van der Waals surface area contributed by atoms with Gasteiger partial charge in [-0.2, -0.15) is 30.3 Å². The number of benzene rings is 1. The summed E-state index contributed by atoms with van der Waals surface area (Å²) < 4.78 is 5.84. The molecular formula is C9H9OS2Y-. The molecule has 0 heterocycles. The summed E-state index contributed by atoms with van der Waals surface area (Å²) in [6.07, 6.45) is 1.90. The third kappa shape index (κ3) is 5.79. The van der Waals surface area contributed by atoms with Gasteiger partial charge in [-0.1, -0.05) is 11.8 Å². The van der Waals surface area contributed by atoms with Crippen LogP contribution in [0.25, 0.3) is 0 Å². The molecule has 67 valence electrons. The molecule has 0 spiro atoms. The molecule has 1 radical (unpaired) electrons. The van der Waals surface area contributed by atoms with E-state index in [1.54, 1.807) is 0 Å². The molecule has 13 heavy (non-hydrogen) atoms. The van der Waals surface area contributed by atoms with Gasteiger partial charge in [0.25, 0.3) is 0 Å². The Hall–Kier alpha value is 0.564. The summed E-state index contributed by atoms with van der Waals surface area (Å²) in [5.74, 6) is 0. The molecule has 0 saturated carbocycles. The Bertz CT molecular complexity index is 251. The second-order valence-corrected chi connectivity index (χ2v) is 3.56. The molecule has 0 aliphatic rings. The van der Waals surface area contributed by atoms with E-state index in [2.05, 4.69) is 6.07 Å². The molecule has 0 aliphatic heterocycles. The fraction of sp³-hybridized carbons (Fsp3) is 0.222. The van der Waals surface area contributed by atoms with Gasteiger partial charge in [0.05, 0.1) is 6.61 Å². The van der Waals surface area contributed by atoms with E-state index in [4.69, 9.17) is 17.0 Å². The molecule has 0 unspecified atom stereocenters. The van der Waals surface area contributed by atoms with Crippen LogP contribution in [0.3, 0.4) is 0 Å².